The first kappa shape index (κ1) is 29.4. The van der Waals surface area contributed by atoms with Gasteiger partial charge in [-0.1, -0.05) is 0 Å². The summed E-state index contributed by atoms with van der Waals surface area (Å²) in [4.78, 5) is 0. The van der Waals surface area contributed by atoms with E-state index in [2.05, 4.69) is 93.5 Å². The largest absolute Gasteiger partial charge is 1.00 e. The number of rotatable bonds is 8. The Morgan fingerprint density at radius 3 is 1.31 bits per heavy atom. The van der Waals surface area contributed by atoms with Gasteiger partial charge in [-0.05, 0) is 0 Å². The normalized spacial score (nSPS) is 26.6. The van der Waals surface area contributed by atoms with Crippen molar-refractivity contribution in [1.82, 2.24) is 0 Å². The molecule has 0 radical (unpaired) electrons. The number of hydrogen-bond acceptors (Lipinski definition) is 0. The predicted molar refractivity (Wildman–Crippen MR) is 118 cm³/mol. The van der Waals surface area contributed by atoms with E-state index in [4.69, 9.17) is 0 Å². The Balaban J connectivity index is 0.00000392. The van der Waals surface area contributed by atoms with Gasteiger partial charge < -0.3 is 24.8 Å². The molecule has 0 spiro atoms. The average Bonchev–Trinajstić information content (AvgIpc) is 2.98. The predicted octanol–water partition coefficient (Wildman–Crippen LogP) is 2.86. The summed E-state index contributed by atoms with van der Waals surface area (Å²) in [6.07, 6.45) is 15.2. The first-order valence-electron chi connectivity index (χ1n) is 10.9. The molecule has 0 nitrogen and oxygen atoms in total. The van der Waals surface area contributed by atoms with Crippen LogP contribution in [0.2, 0.25) is 6.25 Å². The van der Waals surface area contributed by atoms with Gasteiger partial charge in [0, 0.05) is 0 Å². The summed E-state index contributed by atoms with van der Waals surface area (Å²) in [6.45, 7) is 24.3. The fraction of sp³-hybridized carbons (Fsp3) is 0.692. The van der Waals surface area contributed by atoms with Crippen LogP contribution in [0, 0.1) is 10.8 Å². The molecular weight excluding hydrogens is 474 g/mol. The van der Waals surface area contributed by atoms with Gasteiger partial charge in [0.25, 0.3) is 0 Å². The van der Waals surface area contributed by atoms with Gasteiger partial charge in [-0.25, -0.2) is 0 Å². The first-order valence-corrected chi connectivity index (χ1v) is 13.4. The standard InChI is InChI=1S/2C13H21.2ClH.Zr/c2*1-6-9-13(4,5)12-8-7-10(2)11(12)3;;;/h2*7-8H,6,9H2,1-5H3;2*1H;/q;;;;+2/p-2. The van der Waals surface area contributed by atoms with E-state index in [0.29, 0.717) is 17.1 Å². The van der Waals surface area contributed by atoms with Crippen LogP contribution >= 0.6 is 0 Å². The Morgan fingerprint density at radius 1 is 0.724 bits per heavy atom. The van der Waals surface area contributed by atoms with Gasteiger partial charge in [-0.15, -0.1) is 0 Å². The van der Waals surface area contributed by atoms with E-state index >= 15 is 0 Å². The van der Waals surface area contributed by atoms with Gasteiger partial charge in [-0.2, -0.15) is 0 Å². The molecule has 0 aliphatic heterocycles. The van der Waals surface area contributed by atoms with Gasteiger partial charge in [0.2, 0.25) is 0 Å². The molecule has 0 bridgehead atoms. The van der Waals surface area contributed by atoms with Crippen LogP contribution in [0.1, 0.15) is 94.9 Å². The van der Waals surface area contributed by atoms with Gasteiger partial charge in [-0.3, -0.25) is 0 Å². The Hall–Kier alpha value is 0.423. The smallest absolute Gasteiger partial charge is 1.00 e. The molecule has 2 aliphatic rings. The SMILES string of the molecule is CCCC(C)(C)C1=C(C)[C](C)([Zr+2][C]2(C)C=CC(C(C)(C)CCC)=C2C)C=C1.[Cl-].[Cl-]. The van der Waals surface area contributed by atoms with Crippen molar-refractivity contribution in [2.45, 2.75) is 101 Å². The minimum absolute atomic E-state index is 0. The molecule has 164 valence electrons. The van der Waals surface area contributed by atoms with Crippen molar-refractivity contribution < 1.29 is 48.0 Å². The van der Waals surface area contributed by atoms with E-state index in [1.54, 1.807) is 22.3 Å². The van der Waals surface area contributed by atoms with Gasteiger partial charge >= 0.3 is 182 Å². The Morgan fingerprint density at radius 2 is 1.03 bits per heavy atom. The van der Waals surface area contributed by atoms with Gasteiger partial charge in [0.05, 0.1) is 0 Å². The second kappa shape index (κ2) is 10.4. The van der Waals surface area contributed by atoms with E-state index in [9.17, 15) is 0 Å². The summed E-state index contributed by atoms with van der Waals surface area (Å²) >= 11 is -0.776. The van der Waals surface area contributed by atoms with Gasteiger partial charge in [0.15, 0.2) is 0 Å². The molecule has 2 atom stereocenters. The van der Waals surface area contributed by atoms with Crippen molar-refractivity contribution in [2.24, 2.45) is 10.8 Å². The third-order valence-electron chi connectivity index (χ3n) is 7.26. The van der Waals surface area contributed by atoms with E-state index in [-0.39, 0.29) is 24.8 Å². The third kappa shape index (κ3) is 5.81. The van der Waals surface area contributed by atoms with Crippen molar-refractivity contribution >= 4 is 0 Å². The van der Waals surface area contributed by atoms with Crippen molar-refractivity contribution in [3.63, 3.8) is 0 Å². The van der Waals surface area contributed by atoms with Crippen LogP contribution in [0.15, 0.2) is 46.6 Å². The number of hydrogen-bond donors (Lipinski definition) is 0. The molecule has 2 aliphatic carbocycles. The maximum atomic E-state index is 2.57. The second-order valence-electron chi connectivity index (χ2n) is 10.5. The quantitative estimate of drug-likeness (QED) is 0.466. The maximum absolute atomic E-state index is 2.57. The third-order valence-corrected chi connectivity index (χ3v) is 12.5. The number of halogens is 2. The molecule has 0 aromatic carbocycles. The fourth-order valence-corrected chi connectivity index (χ4v) is 10.4. The van der Waals surface area contributed by atoms with Crippen molar-refractivity contribution in [2.75, 3.05) is 0 Å². The van der Waals surface area contributed by atoms with Crippen LogP contribution in [0.4, 0.5) is 0 Å². The van der Waals surface area contributed by atoms with Crippen LogP contribution in [0.5, 0.6) is 0 Å². The summed E-state index contributed by atoms with van der Waals surface area (Å²) in [6, 6.07) is 0. The zero-order valence-corrected chi connectivity index (χ0v) is 24.4. The van der Waals surface area contributed by atoms with Crippen molar-refractivity contribution in [3.8, 4) is 0 Å². The Bertz CT molecular complexity index is 648. The zero-order valence-electron chi connectivity index (χ0n) is 20.4. The first-order chi connectivity index (χ1) is 12.3. The molecule has 0 heterocycles. The van der Waals surface area contributed by atoms with Gasteiger partial charge in [0.1, 0.15) is 0 Å². The van der Waals surface area contributed by atoms with Crippen LogP contribution in [-0.2, 0) is 23.2 Å². The molecule has 0 aromatic heterocycles. The molecule has 2 unspecified atom stereocenters. The molecular formula is C26H42Cl2Zr. The summed E-state index contributed by atoms with van der Waals surface area (Å²) in [5.41, 5.74) is 7.17. The summed E-state index contributed by atoms with van der Waals surface area (Å²) in [5.74, 6) is 0. The zero-order chi connectivity index (χ0) is 20.7. The van der Waals surface area contributed by atoms with Crippen molar-refractivity contribution in [3.05, 3.63) is 46.6 Å². The van der Waals surface area contributed by atoms with Crippen molar-refractivity contribution in [1.29, 1.82) is 0 Å². The summed E-state index contributed by atoms with van der Waals surface area (Å²) in [7, 11) is 0. The van der Waals surface area contributed by atoms with E-state index < -0.39 is 23.2 Å². The molecule has 0 saturated carbocycles. The summed E-state index contributed by atoms with van der Waals surface area (Å²) < 4.78 is 0.656. The molecule has 3 heteroatoms. The van der Waals surface area contributed by atoms with E-state index in [0.717, 1.165) is 0 Å². The minimum Gasteiger partial charge on any atom is -1.00 e. The topological polar surface area (TPSA) is 0 Å². The molecule has 0 amide bonds. The van der Waals surface area contributed by atoms with Crippen LogP contribution in [-0.4, -0.2) is 0 Å². The Labute approximate surface area is 205 Å². The minimum atomic E-state index is -0.776. The van der Waals surface area contributed by atoms with Crippen LogP contribution < -0.4 is 24.8 Å². The van der Waals surface area contributed by atoms with Crippen LogP contribution in [0.25, 0.3) is 0 Å². The second-order valence-corrected chi connectivity index (χ2v) is 16.3. The molecule has 2 rings (SSSR count). The fourth-order valence-electron chi connectivity index (χ4n) is 5.36. The molecule has 0 fully saturated rings. The molecule has 0 N–H and O–H groups in total. The van der Waals surface area contributed by atoms with E-state index in [1.807, 2.05) is 0 Å². The van der Waals surface area contributed by atoms with E-state index in [1.165, 1.54) is 25.7 Å². The monoisotopic (exact) mass is 514 g/mol. The summed E-state index contributed by atoms with van der Waals surface area (Å²) in [5, 5.41) is 0. The number of allylic oxidation sites excluding steroid dienone is 8. The van der Waals surface area contributed by atoms with Crippen LogP contribution in [0.3, 0.4) is 0 Å². The average molecular weight is 517 g/mol. The molecule has 0 aromatic rings. The maximum Gasteiger partial charge on any atom is -1.00 e. The molecule has 29 heavy (non-hydrogen) atoms. The molecule has 0 saturated heterocycles. The Kier molecular flexibility index (Phi) is 10.5.